The number of carbonyl (C=O) groups excluding carboxylic acids is 1. The van der Waals surface area contributed by atoms with Gasteiger partial charge < -0.3 is 9.47 Å². The highest BCUT2D eigenvalue weighted by molar-refractivity contribution is 6.35. The molecule has 0 spiro atoms. The molecule has 0 atom stereocenters. The van der Waals surface area contributed by atoms with E-state index in [9.17, 15) is 4.79 Å². The number of rotatable bonds is 5. The van der Waals surface area contributed by atoms with Crippen LogP contribution < -0.4 is 4.74 Å². The second kappa shape index (κ2) is 7.20. The number of carbonyl (C=O) groups is 1. The molecule has 3 nitrogen and oxygen atoms in total. The average Bonchev–Trinajstić information content (AvgIpc) is 2.27. The Labute approximate surface area is 110 Å². The van der Waals surface area contributed by atoms with Gasteiger partial charge in [0.05, 0.1) is 11.6 Å². The lowest BCUT2D eigenvalue weighted by Crippen LogP contribution is -2.01. The van der Waals surface area contributed by atoms with Gasteiger partial charge in [-0.1, -0.05) is 23.2 Å². The monoisotopic (exact) mass is 274 g/mol. The summed E-state index contributed by atoms with van der Waals surface area (Å²) in [5, 5.41) is 0.978. The fraction of sp³-hybridized carbons (Fsp3) is 0.250. The fourth-order valence-corrected chi connectivity index (χ4v) is 1.53. The van der Waals surface area contributed by atoms with Crippen molar-refractivity contribution in [2.75, 3.05) is 13.2 Å². The first-order chi connectivity index (χ1) is 8.13. The van der Waals surface area contributed by atoms with Gasteiger partial charge in [0.25, 0.3) is 0 Å². The average molecular weight is 275 g/mol. The SMILES string of the molecule is CCOC(=O)/C=C/COc1ccc(Cl)cc1Cl. The smallest absolute Gasteiger partial charge is 0.330 e. The molecule has 1 aromatic rings. The zero-order valence-electron chi connectivity index (χ0n) is 9.28. The summed E-state index contributed by atoms with van der Waals surface area (Å²) in [6.45, 7) is 2.34. The van der Waals surface area contributed by atoms with Crippen LogP contribution >= 0.6 is 23.2 Å². The van der Waals surface area contributed by atoms with Crippen LogP contribution in [0.2, 0.25) is 10.0 Å². The van der Waals surface area contributed by atoms with E-state index in [0.717, 1.165) is 0 Å². The molecule has 1 aromatic carbocycles. The molecule has 0 N–H and O–H groups in total. The number of benzene rings is 1. The summed E-state index contributed by atoms with van der Waals surface area (Å²) in [6.07, 6.45) is 2.87. The van der Waals surface area contributed by atoms with Crippen molar-refractivity contribution in [1.82, 2.24) is 0 Å². The predicted octanol–water partition coefficient (Wildman–Crippen LogP) is 3.49. The summed E-state index contributed by atoms with van der Waals surface area (Å²) in [5.74, 6) is 0.128. The summed E-state index contributed by atoms with van der Waals surface area (Å²) in [5.41, 5.74) is 0. The minimum absolute atomic E-state index is 0.236. The van der Waals surface area contributed by atoms with Gasteiger partial charge in [0.1, 0.15) is 12.4 Å². The molecular formula is C12H12Cl2O3. The molecule has 0 bridgehead atoms. The van der Waals surface area contributed by atoms with Crippen LogP contribution in [0.3, 0.4) is 0 Å². The Kier molecular flexibility index (Phi) is 5.87. The van der Waals surface area contributed by atoms with E-state index in [-0.39, 0.29) is 6.61 Å². The molecule has 0 amide bonds. The van der Waals surface area contributed by atoms with E-state index >= 15 is 0 Å². The molecule has 92 valence electrons. The van der Waals surface area contributed by atoms with E-state index in [1.165, 1.54) is 6.08 Å². The van der Waals surface area contributed by atoms with Crippen LogP contribution in [0, 0.1) is 0 Å². The number of esters is 1. The molecule has 0 heterocycles. The first-order valence-corrected chi connectivity index (χ1v) is 5.80. The molecule has 0 aliphatic heterocycles. The second-order valence-corrected chi connectivity index (χ2v) is 3.88. The standard InChI is InChI=1S/C12H12Cl2O3/c1-2-16-12(15)4-3-7-17-11-6-5-9(13)8-10(11)14/h3-6,8H,2,7H2,1H3/b4-3+. The van der Waals surface area contributed by atoms with Crippen molar-refractivity contribution in [3.05, 3.63) is 40.4 Å². The minimum Gasteiger partial charge on any atom is -0.488 e. The Balaban J connectivity index is 2.43. The van der Waals surface area contributed by atoms with Crippen molar-refractivity contribution >= 4 is 29.2 Å². The second-order valence-electron chi connectivity index (χ2n) is 3.04. The summed E-state index contributed by atoms with van der Waals surface area (Å²) in [7, 11) is 0. The van der Waals surface area contributed by atoms with Crippen LogP contribution in [0.5, 0.6) is 5.75 Å². The highest BCUT2D eigenvalue weighted by atomic mass is 35.5. The van der Waals surface area contributed by atoms with E-state index in [1.807, 2.05) is 0 Å². The number of ether oxygens (including phenoxy) is 2. The van der Waals surface area contributed by atoms with E-state index in [0.29, 0.717) is 22.4 Å². The van der Waals surface area contributed by atoms with Gasteiger partial charge in [0.15, 0.2) is 0 Å². The van der Waals surface area contributed by atoms with E-state index in [4.69, 9.17) is 32.7 Å². The van der Waals surface area contributed by atoms with Crippen molar-refractivity contribution in [3.63, 3.8) is 0 Å². The highest BCUT2D eigenvalue weighted by Gasteiger charge is 2.01. The van der Waals surface area contributed by atoms with E-state index in [2.05, 4.69) is 0 Å². The summed E-state index contributed by atoms with van der Waals surface area (Å²) >= 11 is 11.6. The van der Waals surface area contributed by atoms with Gasteiger partial charge in [0, 0.05) is 11.1 Å². The maximum atomic E-state index is 11.0. The van der Waals surface area contributed by atoms with E-state index in [1.54, 1.807) is 31.2 Å². The third-order valence-corrected chi connectivity index (χ3v) is 2.30. The first kappa shape index (κ1) is 13.9. The lowest BCUT2D eigenvalue weighted by Gasteiger charge is -2.05. The Morgan fingerprint density at radius 2 is 2.18 bits per heavy atom. The van der Waals surface area contributed by atoms with Gasteiger partial charge in [-0.3, -0.25) is 0 Å². The molecule has 0 aliphatic carbocycles. The molecule has 17 heavy (non-hydrogen) atoms. The highest BCUT2D eigenvalue weighted by Crippen LogP contribution is 2.27. The maximum absolute atomic E-state index is 11.0. The lowest BCUT2D eigenvalue weighted by atomic mass is 10.3. The largest absolute Gasteiger partial charge is 0.488 e. The molecule has 0 saturated heterocycles. The third kappa shape index (κ3) is 5.11. The maximum Gasteiger partial charge on any atom is 0.330 e. The van der Waals surface area contributed by atoms with Gasteiger partial charge in [-0.05, 0) is 31.2 Å². The van der Waals surface area contributed by atoms with Crippen molar-refractivity contribution in [2.24, 2.45) is 0 Å². The van der Waals surface area contributed by atoms with Crippen molar-refractivity contribution in [2.45, 2.75) is 6.92 Å². The molecule has 5 heteroatoms. The molecule has 0 radical (unpaired) electrons. The summed E-state index contributed by atoms with van der Waals surface area (Å²) in [6, 6.07) is 4.94. The van der Waals surface area contributed by atoms with Gasteiger partial charge >= 0.3 is 5.97 Å². The molecule has 0 aliphatic rings. The molecule has 0 fully saturated rings. The fourth-order valence-electron chi connectivity index (χ4n) is 1.06. The normalized spacial score (nSPS) is 10.5. The zero-order valence-corrected chi connectivity index (χ0v) is 10.8. The Hall–Kier alpha value is -1.19. The van der Waals surface area contributed by atoms with Crippen LogP contribution in [-0.2, 0) is 9.53 Å². The molecule has 1 rings (SSSR count). The van der Waals surface area contributed by atoms with Crippen molar-refractivity contribution in [3.8, 4) is 5.75 Å². The molecular weight excluding hydrogens is 263 g/mol. The number of hydrogen-bond donors (Lipinski definition) is 0. The van der Waals surface area contributed by atoms with Crippen LogP contribution in [0.4, 0.5) is 0 Å². The number of halogens is 2. The van der Waals surface area contributed by atoms with Crippen molar-refractivity contribution in [1.29, 1.82) is 0 Å². The number of hydrogen-bond acceptors (Lipinski definition) is 3. The van der Waals surface area contributed by atoms with Crippen molar-refractivity contribution < 1.29 is 14.3 Å². The first-order valence-electron chi connectivity index (χ1n) is 5.04. The molecule has 0 unspecified atom stereocenters. The minimum atomic E-state index is -0.390. The van der Waals surface area contributed by atoms with Gasteiger partial charge in [-0.25, -0.2) is 4.79 Å². The summed E-state index contributed by atoms with van der Waals surface area (Å²) < 4.78 is 10.0. The summed E-state index contributed by atoms with van der Waals surface area (Å²) in [4.78, 5) is 11.0. The van der Waals surface area contributed by atoms with E-state index < -0.39 is 5.97 Å². The quantitative estimate of drug-likeness (QED) is 0.609. The van der Waals surface area contributed by atoms with Crippen LogP contribution in [0.15, 0.2) is 30.4 Å². The van der Waals surface area contributed by atoms with Crippen LogP contribution in [0.25, 0.3) is 0 Å². The predicted molar refractivity (Wildman–Crippen MR) is 67.7 cm³/mol. The molecule has 0 aromatic heterocycles. The van der Waals surface area contributed by atoms with Gasteiger partial charge in [0.2, 0.25) is 0 Å². The zero-order chi connectivity index (χ0) is 12.7. The lowest BCUT2D eigenvalue weighted by molar-refractivity contribution is -0.137. The topological polar surface area (TPSA) is 35.5 Å². The Bertz CT molecular complexity index is 416. The van der Waals surface area contributed by atoms with Crippen LogP contribution in [0.1, 0.15) is 6.92 Å². The Morgan fingerprint density at radius 3 is 2.82 bits per heavy atom. The van der Waals surface area contributed by atoms with Gasteiger partial charge in [-0.15, -0.1) is 0 Å². The van der Waals surface area contributed by atoms with Crippen LogP contribution in [-0.4, -0.2) is 19.2 Å². The third-order valence-electron chi connectivity index (χ3n) is 1.77. The molecule has 0 saturated carbocycles. The van der Waals surface area contributed by atoms with Gasteiger partial charge in [-0.2, -0.15) is 0 Å². The Morgan fingerprint density at radius 1 is 1.41 bits per heavy atom.